The van der Waals surface area contributed by atoms with Crippen LogP contribution in [0.25, 0.3) is 0 Å². The first-order chi connectivity index (χ1) is 12.5. The van der Waals surface area contributed by atoms with Crippen molar-refractivity contribution in [2.24, 2.45) is 5.92 Å². The Bertz CT molecular complexity index is 938. The van der Waals surface area contributed by atoms with Crippen LogP contribution in [-0.4, -0.2) is 24.9 Å². The molecule has 1 aliphatic carbocycles. The monoisotopic (exact) mass is 372 g/mol. The molecule has 0 saturated heterocycles. The second kappa shape index (κ2) is 6.69. The number of anilines is 3. The van der Waals surface area contributed by atoms with E-state index in [2.05, 4.69) is 27.2 Å². The Morgan fingerprint density at radius 2 is 1.96 bits per heavy atom. The number of aromatic nitrogens is 2. The molecule has 4 rings (SSSR count). The minimum atomic E-state index is -3.43. The number of nitrogens with one attached hydrogen (secondary N) is 2. The third-order valence-corrected chi connectivity index (χ3v) is 5.86. The van der Waals surface area contributed by atoms with Crippen LogP contribution in [0.15, 0.2) is 41.1 Å². The number of sulfone groups is 1. The predicted octanol–water partition coefficient (Wildman–Crippen LogP) is 2.99. The maximum absolute atomic E-state index is 11.8. The van der Waals surface area contributed by atoms with E-state index in [0.717, 1.165) is 34.9 Å². The molecule has 26 heavy (non-hydrogen) atoms. The van der Waals surface area contributed by atoms with E-state index in [4.69, 9.17) is 4.74 Å². The Morgan fingerprint density at radius 3 is 2.65 bits per heavy atom. The Kier molecular flexibility index (Phi) is 4.37. The zero-order chi connectivity index (χ0) is 18.1. The molecular weight excluding hydrogens is 352 g/mol. The van der Waals surface area contributed by atoms with Crippen molar-refractivity contribution in [1.82, 2.24) is 9.97 Å². The van der Waals surface area contributed by atoms with E-state index in [0.29, 0.717) is 24.8 Å². The third kappa shape index (κ3) is 3.56. The van der Waals surface area contributed by atoms with Gasteiger partial charge in [0.15, 0.2) is 9.84 Å². The van der Waals surface area contributed by atoms with Gasteiger partial charge < -0.3 is 15.4 Å². The van der Waals surface area contributed by atoms with Crippen LogP contribution in [0.1, 0.15) is 24.1 Å². The van der Waals surface area contributed by atoms with E-state index in [1.165, 1.54) is 25.0 Å². The molecule has 0 unspecified atom stereocenters. The van der Waals surface area contributed by atoms with Gasteiger partial charge in [-0.1, -0.05) is 6.58 Å². The summed E-state index contributed by atoms with van der Waals surface area (Å²) >= 11 is 0. The average molecular weight is 372 g/mol. The van der Waals surface area contributed by atoms with Gasteiger partial charge in [0.1, 0.15) is 5.82 Å². The van der Waals surface area contributed by atoms with Crippen molar-refractivity contribution in [3.8, 4) is 0 Å². The van der Waals surface area contributed by atoms with Gasteiger partial charge in [-0.2, -0.15) is 4.98 Å². The van der Waals surface area contributed by atoms with Crippen molar-refractivity contribution in [2.75, 3.05) is 17.2 Å². The van der Waals surface area contributed by atoms with E-state index in [9.17, 15) is 8.42 Å². The molecule has 1 saturated carbocycles. The first-order valence-electron chi connectivity index (χ1n) is 8.51. The number of benzene rings is 1. The van der Waals surface area contributed by atoms with Crippen LogP contribution in [0.4, 0.5) is 17.5 Å². The molecular formula is C18H20N4O3S. The van der Waals surface area contributed by atoms with Crippen molar-refractivity contribution in [3.05, 3.63) is 47.5 Å². The molecule has 1 aliphatic heterocycles. The van der Waals surface area contributed by atoms with Crippen LogP contribution < -0.4 is 10.6 Å². The standard InChI is InChI=1S/C18H20N4O3S/c1-2-26(23,24)14-7-5-13(6-8-14)20-18-21-16-11-25-10-15(16)17(22-18)19-9-12-3-4-12/h2,5-8,12H,1,3-4,9-11H2,(H2,19,20,21,22). The van der Waals surface area contributed by atoms with Crippen LogP contribution in [0.2, 0.25) is 0 Å². The van der Waals surface area contributed by atoms with Gasteiger partial charge in [0.25, 0.3) is 0 Å². The molecule has 7 nitrogen and oxygen atoms in total. The van der Waals surface area contributed by atoms with E-state index in [1.807, 2.05) is 0 Å². The lowest BCUT2D eigenvalue weighted by Crippen LogP contribution is -2.10. The number of hydrogen-bond acceptors (Lipinski definition) is 7. The van der Waals surface area contributed by atoms with Crippen LogP contribution in [-0.2, 0) is 27.8 Å². The van der Waals surface area contributed by atoms with Gasteiger partial charge in [-0.15, -0.1) is 0 Å². The van der Waals surface area contributed by atoms with Gasteiger partial charge in [-0.25, -0.2) is 13.4 Å². The lowest BCUT2D eigenvalue weighted by molar-refractivity contribution is 0.133. The van der Waals surface area contributed by atoms with Gasteiger partial charge in [-0.3, -0.25) is 0 Å². The van der Waals surface area contributed by atoms with Crippen molar-refractivity contribution in [2.45, 2.75) is 31.0 Å². The fourth-order valence-corrected chi connectivity index (χ4v) is 3.48. The summed E-state index contributed by atoms with van der Waals surface area (Å²) in [4.78, 5) is 9.30. The number of nitrogens with zero attached hydrogens (tertiary/aromatic N) is 2. The van der Waals surface area contributed by atoms with E-state index in [1.54, 1.807) is 12.1 Å². The Hall–Kier alpha value is -2.45. The smallest absolute Gasteiger partial charge is 0.229 e. The summed E-state index contributed by atoms with van der Waals surface area (Å²) in [6, 6.07) is 6.42. The van der Waals surface area contributed by atoms with Crippen LogP contribution in [0, 0.1) is 5.92 Å². The Labute approximate surface area is 152 Å². The maximum Gasteiger partial charge on any atom is 0.229 e. The summed E-state index contributed by atoms with van der Waals surface area (Å²) in [5.74, 6) is 2.01. The molecule has 1 aromatic heterocycles. The van der Waals surface area contributed by atoms with Gasteiger partial charge in [-0.05, 0) is 43.0 Å². The highest BCUT2D eigenvalue weighted by molar-refractivity contribution is 7.94. The average Bonchev–Trinajstić information content (AvgIpc) is 3.35. The van der Waals surface area contributed by atoms with Crippen molar-refractivity contribution >= 4 is 27.3 Å². The molecule has 1 aromatic carbocycles. The first-order valence-corrected chi connectivity index (χ1v) is 10.1. The molecule has 0 amide bonds. The summed E-state index contributed by atoms with van der Waals surface area (Å²) in [5.41, 5.74) is 2.61. The number of fused-ring (bicyclic) bond motifs is 1. The fraction of sp³-hybridized carbons (Fsp3) is 0.333. The zero-order valence-electron chi connectivity index (χ0n) is 14.2. The van der Waals surface area contributed by atoms with Crippen molar-refractivity contribution in [1.29, 1.82) is 0 Å². The normalized spacial score (nSPS) is 16.2. The van der Waals surface area contributed by atoms with Gasteiger partial charge in [0.05, 0.1) is 23.8 Å². The lowest BCUT2D eigenvalue weighted by atomic mass is 10.2. The minimum Gasteiger partial charge on any atom is -0.370 e. The predicted molar refractivity (Wildman–Crippen MR) is 98.8 cm³/mol. The molecule has 0 radical (unpaired) electrons. The van der Waals surface area contributed by atoms with E-state index < -0.39 is 9.84 Å². The molecule has 2 aromatic rings. The van der Waals surface area contributed by atoms with Gasteiger partial charge in [0, 0.05) is 23.2 Å². The first kappa shape index (κ1) is 17.0. The number of rotatable bonds is 7. The Balaban J connectivity index is 1.55. The highest BCUT2D eigenvalue weighted by Crippen LogP contribution is 2.31. The summed E-state index contributed by atoms with van der Waals surface area (Å²) in [6.07, 6.45) is 2.53. The van der Waals surface area contributed by atoms with Crippen LogP contribution in [0.3, 0.4) is 0 Å². The van der Waals surface area contributed by atoms with Crippen molar-refractivity contribution < 1.29 is 13.2 Å². The number of ether oxygens (including phenoxy) is 1. The quantitative estimate of drug-likeness (QED) is 0.772. The molecule has 8 heteroatoms. The fourth-order valence-electron chi connectivity index (χ4n) is 2.77. The molecule has 0 spiro atoms. The summed E-state index contributed by atoms with van der Waals surface area (Å²) in [5, 5.41) is 7.49. The molecule has 2 aliphatic rings. The molecule has 1 fully saturated rings. The zero-order valence-corrected chi connectivity index (χ0v) is 15.1. The third-order valence-electron chi connectivity index (χ3n) is 4.49. The molecule has 2 N–H and O–H groups in total. The summed E-state index contributed by atoms with van der Waals surface area (Å²) < 4.78 is 29.1. The largest absolute Gasteiger partial charge is 0.370 e. The van der Waals surface area contributed by atoms with E-state index >= 15 is 0 Å². The molecule has 136 valence electrons. The SMILES string of the molecule is C=CS(=O)(=O)c1ccc(Nc2nc3c(c(NCC4CC4)n2)COC3)cc1. The molecule has 2 heterocycles. The van der Waals surface area contributed by atoms with E-state index in [-0.39, 0.29) is 4.90 Å². The van der Waals surface area contributed by atoms with Gasteiger partial charge in [0.2, 0.25) is 5.95 Å². The highest BCUT2D eigenvalue weighted by atomic mass is 32.2. The lowest BCUT2D eigenvalue weighted by Gasteiger charge is -2.12. The second-order valence-corrected chi connectivity index (χ2v) is 8.39. The van der Waals surface area contributed by atoms with Crippen LogP contribution in [0.5, 0.6) is 0 Å². The summed E-state index contributed by atoms with van der Waals surface area (Å²) in [6.45, 7) is 5.25. The summed E-state index contributed by atoms with van der Waals surface area (Å²) in [7, 11) is -3.43. The van der Waals surface area contributed by atoms with Gasteiger partial charge >= 0.3 is 0 Å². The van der Waals surface area contributed by atoms with Crippen LogP contribution >= 0.6 is 0 Å². The Morgan fingerprint density at radius 1 is 1.19 bits per heavy atom. The highest BCUT2D eigenvalue weighted by Gasteiger charge is 2.24. The maximum atomic E-state index is 11.8. The molecule has 0 bridgehead atoms. The topological polar surface area (TPSA) is 93.2 Å². The van der Waals surface area contributed by atoms with Crippen molar-refractivity contribution in [3.63, 3.8) is 0 Å². The minimum absolute atomic E-state index is 0.202. The second-order valence-electron chi connectivity index (χ2n) is 6.50. The number of hydrogen-bond donors (Lipinski definition) is 2. The molecule has 0 atom stereocenters.